The van der Waals surface area contributed by atoms with E-state index in [2.05, 4.69) is 28.7 Å². The molecular weight excluding hydrogens is 403 g/mol. The van der Waals surface area contributed by atoms with Crippen LogP contribution in [0, 0.1) is 0 Å². The predicted molar refractivity (Wildman–Crippen MR) is 108 cm³/mol. The molecule has 1 amide bonds. The Balaban J connectivity index is 0.00000484. The average Bonchev–Trinajstić information content (AvgIpc) is 2.52. The molecule has 0 saturated carbocycles. The van der Waals surface area contributed by atoms with Crippen molar-refractivity contribution in [3.63, 3.8) is 0 Å². The lowest BCUT2D eigenvalue weighted by atomic mass is 10.0. The maximum Gasteiger partial charge on any atom is 0.224 e. The molecule has 0 spiro atoms. The maximum atomic E-state index is 12.3. The van der Waals surface area contributed by atoms with Crippen LogP contribution in [0.4, 0.5) is 0 Å². The standard InChI is InChI=1S/C17H32N4O.HI/c1-5-6-8-13-20(4)17(18-3)19-12-11-16(22)21-14-9-7-10-15(21)2;/h5,15H,1,6-14H2,2-4H3,(H,18,19);1H. The molecule has 0 aromatic rings. The third-order valence-corrected chi connectivity index (χ3v) is 4.22. The van der Waals surface area contributed by atoms with Crippen molar-refractivity contribution in [1.82, 2.24) is 15.1 Å². The molecule has 5 nitrogen and oxygen atoms in total. The Morgan fingerprint density at radius 3 is 2.83 bits per heavy atom. The van der Waals surface area contributed by atoms with E-state index in [1.807, 2.05) is 18.0 Å². The number of hydrogen-bond acceptors (Lipinski definition) is 2. The highest BCUT2D eigenvalue weighted by Gasteiger charge is 2.22. The summed E-state index contributed by atoms with van der Waals surface area (Å²) in [6.45, 7) is 8.37. The highest BCUT2D eigenvalue weighted by molar-refractivity contribution is 14.0. The summed E-state index contributed by atoms with van der Waals surface area (Å²) >= 11 is 0. The topological polar surface area (TPSA) is 47.9 Å². The molecule has 1 saturated heterocycles. The third kappa shape index (κ3) is 8.04. The first-order valence-corrected chi connectivity index (χ1v) is 8.42. The lowest BCUT2D eigenvalue weighted by Crippen LogP contribution is -2.44. The smallest absolute Gasteiger partial charge is 0.224 e. The Morgan fingerprint density at radius 2 is 2.22 bits per heavy atom. The predicted octanol–water partition coefficient (Wildman–Crippen LogP) is 2.87. The van der Waals surface area contributed by atoms with E-state index in [-0.39, 0.29) is 29.9 Å². The fourth-order valence-electron chi connectivity index (χ4n) is 2.86. The van der Waals surface area contributed by atoms with Gasteiger partial charge in [-0.15, -0.1) is 30.6 Å². The minimum Gasteiger partial charge on any atom is -0.356 e. The lowest BCUT2D eigenvalue weighted by Gasteiger charge is -2.33. The molecule has 1 fully saturated rings. The van der Waals surface area contributed by atoms with Gasteiger partial charge in [0.15, 0.2) is 5.96 Å². The molecule has 0 bridgehead atoms. The van der Waals surface area contributed by atoms with E-state index >= 15 is 0 Å². The summed E-state index contributed by atoms with van der Waals surface area (Å²) in [6, 6.07) is 0.391. The van der Waals surface area contributed by atoms with E-state index in [0.29, 0.717) is 19.0 Å². The molecule has 0 radical (unpaired) electrons. The Bertz CT molecular complexity index is 387. The minimum atomic E-state index is 0. The number of nitrogens with one attached hydrogen (secondary N) is 1. The summed E-state index contributed by atoms with van der Waals surface area (Å²) in [4.78, 5) is 20.7. The minimum absolute atomic E-state index is 0. The van der Waals surface area contributed by atoms with Crippen LogP contribution in [0.25, 0.3) is 0 Å². The number of carbonyl (C=O) groups is 1. The van der Waals surface area contributed by atoms with Crippen molar-refractivity contribution in [3.8, 4) is 0 Å². The van der Waals surface area contributed by atoms with Crippen molar-refractivity contribution in [2.24, 2.45) is 4.99 Å². The van der Waals surface area contributed by atoms with Crippen LogP contribution in [0.1, 0.15) is 45.4 Å². The molecule has 134 valence electrons. The highest BCUT2D eigenvalue weighted by atomic mass is 127. The van der Waals surface area contributed by atoms with Gasteiger partial charge >= 0.3 is 0 Å². The third-order valence-electron chi connectivity index (χ3n) is 4.22. The largest absolute Gasteiger partial charge is 0.356 e. The first-order valence-electron chi connectivity index (χ1n) is 8.42. The highest BCUT2D eigenvalue weighted by Crippen LogP contribution is 2.16. The van der Waals surface area contributed by atoms with Gasteiger partial charge < -0.3 is 15.1 Å². The number of rotatable bonds is 7. The molecule has 0 aromatic carbocycles. The van der Waals surface area contributed by atoms with Crippen molar-refractivity contribution in [3.05, 3.63) is 12.7 Å². The average molecular weight is 436 g/mol. The molecule has 1 unspecified atom stereocenters. The van der Waals surface area contributed by atoms with E-state index in [1.165, 1.54) is 6.42 Å². The van der Waals surface area contributed by atoms with Crippen LogP contribution < -0.4 is 5.32 Å². The molecule has 0 aliphatic carbocycles. The van der Waals surface area contributed by atoms with Gasteiger partial charge in [0.1, 0.15) is 0 Å². The van der Waals surface area contributed by atoms with E-state index in [4.69, 9.17) is 0 Å². The zero-order valence-electron chi connectivity index (χ0n) is 14.9. The van der Waals surface area contributed by atoms with Gasteiger partial charge in [-0.25, -0.2) is 0 Å². The molecule has 0 aromatic heterocycles. The molecule has 1 rings (SSSR count). The number of aliphatic imine (C=N–C) groups is 1. The summed E-state index contributed by atoms with van der Waals surface area (Å²) in [5.41, 5.74) is 0. The zero-order chi connectivity index (χ0) is 16.4. The van der Waals surface area contributed by atoms with Crippen molar-refractivity contribution < 1.29 is 4.79 Å². The maximum absolute atomic E-state index is 12.3. The summed E-state index contributed by atoms with van der Waals surface area (Å²) in [7, 11) is 3.80. The Kier molecular flexibility index (Phi) is 12.2. The van der Waals surface area contributed by atoms with Crippen LogP contribution in [-0.4, -0.2) is 61.4 Å². The second kappa shape index (κ2) is 12.6. The fraction of sp³-hybridized carbons (Fsp3) is 0.765. The molecule has 6 heteroatoms. The number of allylic oxidation sites excluding steroid dienone is 1. The van der Waals surface area contributed by atoms with Crippen LogP contribution in [0.2, 0.25) is 0 Å². The second-order valence-corrected chi connectivity index (χ2v) is 6.01. The van der Waals surface area contributed by atoms with E-state index in [1.54, 1.807) is 7.05 Å². The summed E-state index contributed by atoms with van der Waals surface area (Å²) < 4.78 is 0. The fourth-order valence-corrected chi connectivity index (χ4v) is 2.86. The molecule has 1 heterocycles. The quantitative estimate of drug-likeness (QED) is 0.220. The lowest BCUT2D eigenvalue weighted by molar-refractivity contribution is -0.134. The Morgan fingerprint density at radius 1 is 1.48 bits per heavy atom. The van der Waals surface area contributed by atoms with Crippen LogP contribution in [0.3, 0.4) is 0 Å². The number of guanidine groups is 1. The monoisotopic (exact) mass is 436 g/mol. The number of likely N-dealkylation sites (tertiary alicyclic amines) is 1. The van der Waals surface area contributed by atoms with Crippen LogP contribution in [0.15, 0.2) is 17.6 Å². The normalized spacial score (nSPS) is 18.1. The molecule has 1 aliphatic heterocycles. The second-order valence-electron chi connectivity index (χ2n) is 6.01. The number of nitrogens with zero attached hydrogens (tertiary/aromatic N) is 3. The Labute approximate surface area is 158 Å². The Hall–Kier alpha value is -0.790. The summed E-state index contributed by atoms with van der Waals surface area (Å²) in [5.74, 6) is 1.10. The molecule has 1 atom stereocenters. The number of amides is 1. The van der Waals surface area contributed by atoms with Gasteiger partial charge in [-0.1, -0.05) is 6.08 Å². The van der Waals surface area contributed by atoms with Gasteiger partial charge in [0.05, 0.1) is 0 Å². The number of hydrogen-bond donors (Lipinski definition) is 1. The van der Waals surface area contributed by atoms with Crippen molar-refractivity contribution >= 4 is 35.8 Å². The van der Waals surface area contributed by atoms with Crippen LogP contribution >= 0.6 is 24.0 Å². The van der Waals surface area contributed by atoms with Gasteiger partial charge in [0.2, 0.25) is 5.91 Å². The van der Waals surface area contributed by atoms with Gasteiger partial charge in [0, 0.05) is 46.2 Å². The first-order chi connectivity index (χ1) is 10.6. The van der Waals surface area contributed by atoms with E-state index < -0.39 is 0 Å². The van der Waals surface area contributed by atoms with Crippen molar-refractivity contribution in [1.29, 1.82) is 0 Å². The van der Waals surface area contributed by atoms with Gasteiger partial charge in [0.25, 0.3) is 0 Å². The molecule has 1 N–H and O–H groups in total. The van der Waals surface area contributed by atoms with Crippen LogP contribution in [0.5, 0.6) is 0 Å². The van der Waals surface area contributed by atoms with Crippen LogP contribution in [-0.2, 0) is 4.79 Å². The molecule has 1 aliphatic rings. The van der Waals surface area contributed by atoms with Crippen molar-refractivity contribution in [2.75, 3.05) is 33.7 Å². The number of piperidine rings is 1. The molecular formula is C17H33IN4O. The first kappa shape index (κ1) is 22.2. The summed E-state index contributed by atoms with van der Waals surface area (Å²) in [5, 5.41) is 3.28. The van der Waals surface area contributed by atoms with Gasteiger partial charge in [-0.05, 0) is 39.0 Å². The number of halogens is 1. The van der Waals surface area contributed by atoms with E-state index in [9.17, 15) is 4.79 Å². The molecule has 23 heavy (non-hydrogen) atoms. The number of unbranched alkanes of at least 4 members (excludes halogenated alkanes) is 1. The van der Waals surface area contributed by atoms with E-state index in [0.717, 1.165) is 44.7 Å². The van der Waals surface area contributed by atoms with Gasteiger partial charge in [-0.2, -0.15) is 0 Å². The summed E-state index contributed by atoms with van der Waals surface area (Å²) in [6.07, 6.45) is 8.04. The van der Waals surface area contributed by atoms with Crippen molar-refractivity contribution in [2.45, 2.75) is 51.5 Å². The SMILES string of the molecule is C=CCCCN(C)C(=NC)NCCC(=O)N1CCCCC1C.I. The number of carbonyl (C=O) groups excluding carboxylic acids is 1. The van der Waals surface area contributed by atoms with Gasteiger partial charge in [-0.3, -0.25) is 9.79 Å². The zero-order valence-corrected chi connectivity index (χ0v) is 17.2.